The molecule has 0 aliphatic carbocycles. The average molecular weight is 532 g/mol. The predicted molar refractivity (Wildman–Crippen MR) is 134 cm³/mol. The van der Waals surface area contributed by atoms with Gasteiger partial charge in [-0.3, -0.25) is 14.5 Å². The monoisotopic (exact) mass is 531 g/mol. The maximum atomic E-state index is 13.7. The Balaban J connectivity index is 2.21. The number of carbonyl (C=O) groups excluding carboxylic acids is 2. The Morgan fingerprint density at radius 2 is 1.49 bits per heavy atom. The van der Waals surface area contributed by atoms with E-state index in [1.54, 1.807) is 24.3 Å². The molecular formula is C26H24F3N3O4S. The second kappa shape index (κ2) is 10.6. The molecule has 0 spiro atoms. The smallest absolute Gasteiger partial charge is 0.365 e. The van der Waals surface area contributed by atoms with Crippen LogP contribution in [-0.2, 0) is 25.8 Å². The maximum absolute atomic E-state index is 13.7. The summed E-state index contributed by atoms with van der Waals surface area (Å²) in [6.45, 7) is 3.98. The van der Waals surface area contributed by atoms with E-state index in [9.17, 15) is 31.2 Å². The molecule has 7 nitrogen and oxygen atoms in total. The number of alkyl halides is 3. The van der Waals surface area contributed by atoms with Crippen LogP contribution in [0.15, 0.2) is 83.3 Å². The van der Waals surface area contributed by atoms with Gasteiger partial charge in [-0.2, -0.15) is 13.2 Å². The lowest BCUT2D eigenvalue weighted by molar-refractivity contribution is -0.137. The molecule has 37 heavy (non-hydrogen) atoms. The van der Waals surface area contributed by atoms with Crippen molar-refractivity contribution in [1.82, 2.24) is 0 Å². The molecule has 2 amide bonds. The van der Waals surface area contributed by atoms with Gasteiger partial charge < -0.3 is 5.73 Å². The van der Waals surface area contributed by atoms with Gasteiger partial charge in [-0.25, -0.2) is 13.6 Å². The molecule has 3 aromatic carbocycles. The van der Waals surface area contributed by atoms with Crippen LogP contribution in [0, 0.1) is 0 Å². The van der Waals surface area contributed by atoms with Gasteiger partial charge in [-0.15, -0.1) is 0 Å². The molecule has 0 saturated heterocycles. The van der Waals surface area contributed by atoms with Crippen molar-refractivity contribution in [2.75, 3.05) is 4.90 Å². The molecule has 4 N–H and O–H groups in total. The van der Waals surface area contributed by atoms with Gasteiger partial charge in [0, 0.05) is 5.69 Å². The number of carbonyl (C=O) groups is 2. The maximum Gasteiger partial charge on any atom is 0.416 e. The third-order valence-electron chi connectivity index (χ3n) is 5.45. The number of hydrogen-bond donors (Lipinski definition) is 2. The molecule has 0 bridgehead atoms. The van der Waals surface area contributed by atoms with E-state index >= 15 is 0 Å². The Morgan fingerprint density at radius 3 is 2.00 bits per heavy atom. The first-order chi connectivity index (χ1) is 17.2. The van der Waals surface area contributed by atoms with Crippen LogP contribution in [0.2, 0.25) is 0 Å². The summed E-state index contributed by atoms with van der Waals surface area (Å²) in [6, 6.07) is 15.5. The Kier molecular flexibility index (Phi) is 7.89. The van der Waals surface area contributed by atoms with E-state index < -0.39 is 39.2 Å². The Morgan fingerprint density at radius 1 is 0.919 bits per heavy atom. The fourth-order valence-corrected chi connectivity index (χ4v) is 4.06. The Bertz CT molecular complexity index is 1460. The molecule has 0 saturated carbocycles. The first-order valence-electron chi connectivity index (χ1n) is 10.9. The standard InChI is InChI=1S/C26H24F3N3O4S/c1-16(2)18-11-9-17(10-12-18)13-23(24(30)33)25(34)32(20-6-3-5-19(14-20)26(27,28)29)21-7-4-8-22(15-21)37(31,35)36/h3-16H,1-2H3,(H2,30,33)(H2,31,35,36). The lowest BCUT2D eigenvalue weighted by Crippen LogP contribution is -2.33. The topological polar surface area (TPSA) is 124 Å². The van der Waals surface area contributed by atoms with Crippen molar-refractivity contribution in [3.8, 4) is 0 Å². The molecule has 0 aliphatic heterocycles. The predicted octanol–water partition coefficient (Wildman–Crippen LogP) is 4.71. The molecule has 11 heteroatoms. The van der Waals surface area contributed by atoms with Crippen molar-refractivity contribution < 1.29 is 31.2 Å². The van der Waals surface area contributed by atoms with Gasteiger partial charge in [0.15, 0.2) is 0 Å². The first kappa shape index (κ1) is 27.6. The number of amides is 2. The zero-order chi connectivity index (χ0) is 27.5. The van der Waals surface area contributed by atoms with Crippen molar-refractivity contribution in [3.63, 3.8) is 0 Å². The van der Waals surface area contributed by atoms with E-state index in [0.29, 0.717) is 11.6 Å². The van der Waals surface area contributed by atoms with Gasteiger partial charge in [0.2, 0.25) is 10.0 Å². The average Bonchev–Trinajstić information content (AvgIpc) is 2.82. The number of hydrogen-bond acceptors (Lipinski definition) is 4. The molecule has 3 rings (SSSR count). The number of sulfonamides is 1. The molecule has 194 valence electrons. The third kappa shape index (κ3) is 6.63. The van der Waals surface area contributed by atoms with Crippen LogP contribution in [0.4, 0.5) is 24.5 Å². The molecule has 0 heterocycles. The van der Waals surface area contributed by atoms with Crippen molar-refractivity contribution in [1.29, 1.82) is 0 Å². The fraction of sp³-hybridized carbons (Fsp3) is 0.154. The minimum absolute atomic E-state index is 0.141. The highest BCUT2D eigenvalue weighted by molar-refractivity contribution is 7.89. The number of primary amides is 1. The van der Waals surface area contributed by atoms with E-state index in [4.69, 9.17) is 10.9 Å². The van der Waals surface area contributed by atoms with Gasteiger partial charge in [-0.1, -0.05) is 50.2 Å². The summed E-state index contributed by atoms with van der Waals surface area (Å²) in [5, 5.41) is 5.20. The van der Waals surface area contributed by atoms with E-state index in [0.717, 1.165) is 34.7 Å². The van der Waals surface area contributed by atoms with E-state index in [-0.39, 0.29) is 22.2 Å². The molecule has 0 atom stereocenters. The number of rotatable bonds is 7. The highest BCUT2D eigenvalue weighted by atomic mass is 32.2. The summed E-state index contributed by atoms with van der Waals surface area (Å²) in [4.78, 5) is 26.4. The first-order valence-corrected chi connectivity index (χ1v) is 12.5. The number of primary sulfonamides is 1. The second-order valence-corrected chi connectivity index (χ2v) is 10.0. The summed E-state index contributed by atoms with van der Waals surface area (Å²) >= 11 is 0. The summed E-state index contributed by atoms with van der Waals surface area (Å²) in [5.41, 5.74) is 4.97. The summed E-state index contributed by atoms with van der Waals surface area (Å²) in [7, 11) is -4.22. The lowest BCUT2D eigenvalue weighted by Gasteiger charge is -2.25. The van der Waals surface area contributed by atoms with Crippen LogP contribution in [-0.4, -0.2) is 20.2 Å². The lowest BCUT2D eigenvalue weighted by atomic mass is 10.0. The quantitative estimate of drug-likeness (QED) is 0.260. The molecule has 0 radical (unpaired) electrons. The van der Waals surface area contributed by atoms with Crippen LogP contribution >= 0.6 is 0 Å². The van der Waals surface area contributed by atoms with Crippen LogP contribution in [0.5, 0.6) is 0 Å². The molecule has 0 aromatic heterocycles. The Hall–Kier alpha value is -3.96. The highest BCUT2D eigenvalue weighted by Crippen LogP contribution is 2.35. The van der Waals surface area contributed by atoms with Crippen LogP contribution in [0.25, 0.3) is 6.08 Å². The molecule has 3 aromatic rings. The summed E-state index contributed by atoms with van der Waals surface area (Å²) < 4.78 is 64.1. The zero-order valence-corrected chi connectivity index (χ0v) is 20.7. The van der Waals surface area contributed by atoms with Crippen molar-refractivity contribution in [3.05, 3.63) is 95.1 Å². The summed E-state index contributed by atoms with van der Waals surface area (Å²) in [5.74, 6) is -1.96. The van der Waals surface area contributed by atoms with Gasteiger partial charge in [0.25, 0.3) is 11.8 Å². The normalized spacial score (nSPS) is 12.5. The van der Waals surface area contributed by atoms with Gasteiger partial charge in [-0.05, 0) is 59.5 Å². The van der Waals surface area contributed by atoms with Crippen LogP contribution in [0.1, 0.15) is 36.5 Å². The number of nitrogens with zero attached hydrogens (tertiary/aromatic N) is 1. The number of nitrogens with two attached hydrogens (primary N) is 2. The number of benzene rings is 3. The molecule has 0 unspecified atom stereocenters. The number of anilines is 2. The minimum Gasteiger partial charge on any atom is -0.365 e. The minimum atomic E-state index is -4.73. The highest BCUT2D eigenvalue weighted by Gasteiger charge is 2.32. The van der Waals surface area contributed by atoms with Crippen molar-refractivity contribution in [2.45, 2.75) is 30.8 Å². The molecule has 0 fully saturated rings. The van der Waals surface area contributed by atoms with E-state index in [2.05, 4.69) is 0 Å². The van der Waals surface area contributed by atoms with Crippen LogP contribution < -0.4 is 15.8 Å². The second-order valence-electron chi connectivity index (χ2n) is 8.47. The van der Waals surface area contributed by atoms with Crippen molar-refractivity contribution in [2.24, 2.45) is 10.9 Å². The van der Waals surface area contributed by atoms with Crippen molar-refractivity contribution >= 4 is 39.3 Å². The SMILES string of the molecule is CC(C)c1ccc(C=C(C(N)=O)C(=O)N(c2cccc(C(F)(F)F)c2)c2cccc(S(N)(=O)=O)c2)cc1. The Labute approximate surface area is 212 Å². The largest absolute Gasteiger partial charge is 0.416 e. The summed E-state index contributed by atoms with van der Waals surface area (Å²) in [6.07, 6.45) is -3.51. The van der Waals surface area contributed by atoms with Gasteiger partial charge in [0.1, 0.15) is 5.57 Å². The number of halogens is 3. The van der Waals surface area contributed by atoms with Gasteiger partial charge in [0.05, 0.1) is 16.1 Å². The van der Waals surface area contributed by atoms with E-state index in [1.165, 1.54) is 24.3 Å². The van der Waals surface area contributed by atoms with Gasteiger partial charge >= 0.3 is 6.18 Å². The molecular weight excluding hydrogens is 507 g/mol. The van der Waals surface area contributed by atoms with E-state index in [1.807, 2.05) is 13.8 Å². The fourth-order valence-electron chi connectivity index (χ4n) is 3.51. The molecule has 0 aliphatic rings. The third-order valence-corrected chi connectivity index (χ3v) is 6.36. The zero-order valence-electron chi connectivity index (χ0n) is 19.9. The van der Waals surface area contributed by atoms with Crippen LogP contribution in [0.3, 0.4) is 0 Å².